The van der Waals surface area contributed by atoms with E-state index >= 15 is 0 Å². The van der Waals surface area contributed by atoms with Gasteiger partial charge in [0.05, 0.1) is 10.2 Å². The molecule has 0 amide bonds. The lowest BCUT2D eigenvalue weighted by Crippen LogP contribution is -2.47. The third-order valence-corrected chi connectivity index (χ3v) is 5.70. The molecule has 0 saturated carbocycles. The van der Waals surface area contributed by atoms with E-state index in [1.54, 1.807) is 24.5 Å². The fourth-order valence-electron chi connectivity index (χ4n) is 3.28. The van der Waals surface area contributed by atoms with Crippen LogP contribution in [-0.4, -0.2) is 40.9 Å². The van der Waals surface area contributed by atoms with Gasteiger partial charge < -0.3 is 9.80 Å². The van der Waals surface area contributed by atoms with Crippen LogP contribution in [0.15, 0.2) is 29.1 Å². The summed E-state index contributed by atoms with van der Waals surface area (Å²) in [5.41, 5.74) is 3.56. The van der Waals surface area contributed by atoms with Crippen molar-refractivity contribution in [2.45, 2.75) is 13.8 Å². The highest BCUT2D eigenvalue weighted by molar-refractivity contribution is 7.22. The molecule has 6 nitrogen and oxygen atoms in total. The fraction of sp³-hybridized carbons (Fsp3) is 0.389. The highest BCUT2D eigenvalue weighted by Crippen LogP contribution is 2.32. The quantitative estimate of drug-likeness (QED) is 0.706. The van der Waals surface area contributed by atoms with Crippen molar-refractivity contribution in [3.8, 4) is 0 Å². The van der Waals surface area contributed by atoms with Gasteiger partial charge >= 0.3 is 0 Å². The summed E-state index contributed by atoms with van der Waals surface area (Å²) in [6.07, 6.45) is 0. The molecule has 0 bridgehead atoms. The number of fused-ring (bicyclic) bond motifs is 1. The Morgan fingerprint density at radius 3 is 2.48 bits per heavy atom. The third-order valence-electron chi connectivity index (χ3n) is 4.64. The molecular weight excluding hydrogens is 334 g/mol. The predicted molar refractivity (Wildman–Crippen MR) is 103 cm³/mol. The average Bonchev–Trinajstić information content (AvgIpc) is 3.02. The van der Waals surface area contributed by atoms with E-state index in [0.29, 0.717) is 0 Å². The largest absolute Gasteiger partial charge is 0.352 e. The zero-order chi connectivity index (χ0) is 17.6. The number of benzene rings is 1. The number of thiazole rings is 1. The Balaban J connectivity index is 1.52. The van der Waals surface area contributed by atoms with Crippen LogP contribution in [0.4, 0.5) is 10.9 Å². The van der Waals surface area contributed by atoms with Gasteiger partial charge in [0.25, 0.3) is 5.56 Å². The molecule has 3 heterocycles. The van der Waals surface area contributed by atoms with Crippen LogP contribution in [0.1, 0.15) is 11.1 Å². The SMILES string of the molecule is Cc1cc(C)c2nc(N3CCN(c4ccc(=O)n(C)n4)CC3)sc2c1. The lowest BCUT2D eigenvalue weighted by molar-refractivity contribution is 0.623. The third kappa shape index (κ3) is 3.00. The smallest absolute Gasteiger partial charge is 0.266 e. The zero-order valence-electron chi connectivity index (χ0n) is 14.7. The molecule has 0 unspecified atom stereocenters. The highest BCUT2D eigenvalue weighted by Gasteiger charge is 2.21. The number of aryl methyl sites for hydroxylation is 3. The van der Waals surface area contributed by atoms with E-state index in [0.717, 1.165) is 42.6 Å². The van der Waals surface area contributed by atoms with Gasteiger partial charge in [0, 0.05) is 39.3 Å². The summed E-state index contributed by atoms with van der Waals surface area (Å²) >= 11 is 1.77. The van der Waals surface area contributed by atoms with Crippen LogP contribution in [0.3, 0.4) is 0 Å². The molecule has 1 aliphatic heterocycles. The average molecular weight is 355 g/mol. The number of piperazine rings is 1. The van der Waals surface area contributed by atoms with Gasteiger partial charge in [-0.25, -0.2) is 9.67 Å². The maximum absolute atomic E-state index is 11.5. The van der Waals surface area contributed by atoms with Crippen molar-refractivity contribution in [3.05, 3.63) is 45.7 Å². The molecule has 1 fully saturated rings. The first kappa shape index (κ1) is 16.1. The first-order valence-electron chi connectivity index (χ1n) is 8.43. The van der Waals surface area contributed by atoms with Crippen molar-refractivity contribution in [2.75, 3.05) is 36.0 Å². The monoisotopic (exact) mass is 355 g/mol. The van der Waals surface area contributed by atoms with Crippen LogP contribution in [0.25, 0.3) is 10.2 Å². The second-order valence-corrected chi connectivity index (χ2v) is 7.56. The van der Waals surface area contributed by atoms with Gasteiger partial charge in [0.2, 0.25) is 0 Å². The first-order chi connectivity index (χ1) is 12.0. The van der Waals surface area contributed by atoms with Gasteiger partial charge in [-0.2, -0.15) is 5.10 Å². The molecule has 1 aromatic carbocycles. The minimum atomic E-state index is -0.0810. The molecule has 0 atom stereocenters. The van der Waals surface area contributed by atoms with E-state index in [9.17, 15) is 4.79 Å². The van der Waals surface area contributed by atoms with Gasteiger partial charge in [-0.15, -0.1) is 0 Å². The van der Waals surface area contributed by atoms with Gasteiger partial charge in [-0.3, -0.25) is 4.79 Å². The Morgan fingerprint density at radius 2 is 1.76 bits per heavy atom. The van der Waals surface area contributed by atoms with Gasteiger partial charge in [0.1, 0.15) is 5.82 Å². The molecular formula is C18H21N5OS. The van der Waals surface area contributed by atoms with Crippen LogP contribution in [0, 0.1) is 13.8 Å². The summed E-state index contributed by atoms with van der Waals surface area (Å²) in [5, 5.41) is 5.44. The topological polar surface area (TPSA) is 54.3 Å². The van der Waals surface area contributed by atoms with Gasteiger partial charge in [-0.05, 0) is 37.1 Å². The van der Waals surface area contributed by atoms with E-state index in [2.05, 4.69) is 40.9 Å². The first-order valence-corrected chi connectivity index (χ1v) is 9.25. The Labute approximate surface area is 150 Å². The van der Waals surface area contributed by atoms with Crippen molar-refractivity contribution < 1.29 is 0 Å². The van der Waals surface area contributed by atoms with E-state index in [1.165, 1.54) is 20.5 Å². The minimum absolute atomic E-state index is 0.0810. The maximum atomic E-state index is 11.5. The lowest BCUT2D eigenvalue weighted by Gasteiger charge is -2.35. The van der Waals surface area contributed by atoms with E-state index < -0.39 is 0 Å². The summed E-state index contributed by atoms with van der Waals surface area (Å²) in [6, 6.07) is 7.79. The van der Waals surface area contributed by atoms with E-state index in [1.807, 2.05) is 6.07 Å². The molecule has 3 aromatic rings. The summed E-state index contributed by atoms with van der Waals surface area (Å²) in [5.74, 6) is 0.859. The molecule has 4 rings (SSSR count). The predicted octanol–water partition coefficient (Wildman–Crippen LogP) is 2.33. The van der Waals surface area contributed by atoms with Crippen molar-refractivity contribution in [1.82, 2.24) is 14.8 Å². The molecule has 0 N–H and O–H groups in total. The van der Waals surface area contributed by atoms with Crippen LogP contribution in [0.2, 0.25) is 0 Å². The van der Waals surface area contributed by atoms with Gasteiger partial charge in [0.15, 0.2) is 5.13 Å². The van der Waals surface area contributed by atoms with Crippen molar-refractivity contribution >= 4 is 32.5 Å². The molecule has 1 saturated heterocycles. The molecule has 2 aromatic heterocycles. The Morgan fingerprint density at radius 1 is 1.04 bits per heavy atom. The molecule has 7 heteroatoms. The number of nitrogens with zero attached hydrogens (tertiary/aromatic N) is 5. The second-order valence-electron chi connectivity index (χ2n) is 6.55. The molecule has 0 spiro atoms. The van der Waals surface area contributed by atoms with Crippen molar-refractivity contribution in [1.29, 1.82) is 0 Å². The van der Waals surface area contributed by atoms with Crippen LogP contribution >= 0.6 is 11.3 Å². The number of hydrogen-bond acceptors (Lipinski definition) is 6. The molecule has 0 radical (unpaired) electrons. The molecule has 0 aliphatic carbocycles. The summed E-state index contributed by atoms with van der Waals surface area (Å²) < 4.78 is 2.65. The van der Waals surface area contributed by atoms with Gasteiger partial charge in [-0.1, -0.05) is 17.4 Å². The standard InChI is InChI=1S/C18H21N5OS/c1-12-10-13(2)17-14(11-12)25-18(19-17)23-8-6-22(7-9-23)15-4-5-16(24)21(3)20-15/h4-5,10-11H,6-9H2,1-3H3. The number of hydrogen-bond donors (Lipinski definition) is 0. The molecule has 25 heavy (non-hydrogen) atoms. The van der Waals surface area contributed by atoms with Crippen molar-refractivity contribution in [3.63, 3.8) is 0 Å². The van der Waals surface area contributed by atoms with E-state index in [4.69, 9.17) is 4.98 Å². The second kappa shape index (κ2) is 6.15. The highest BCUT2D eigenvalue weighted by atomic mass is 32.1. The van der Waals surface area contributed by atoms with Crippen molar-refractivity contribution in [2.24, 2.45) is 7.05 Å². The van der Waals surface area contributed by atoms with Crippen LogP contribution in [-0.2, 0) is 7.05 Å². The lowest BCUT2D eigenvalue weighted by atomic mass is 10.1. The van der Waals surface area contributed by atoms with E-state index in [-0.39, 0.29) is 5.56 Å². The number of anilines is 2. The Kier molecular flexibility index (Phi) is 3.95. The van der Waals surface area contributed by atoms with Crippen LogP contribution < -0.4 is 15.4 Å². The number of aromatic nitrogens is 3. The molecule has 1 aliphatic rings. The maximum Gasteiger partial charge on any atom is 0.266 e. The summed E-state index contributed by atoms with van der Waals surface area (Å²) in [4.78, 5) is 20.9. The summed E-state index contributed by atoms with van der Waals surface area (Å²) in [6.45, 7) is 7.82. The minimum Gasteiger partial charge on any atom is -0.352 e. The molecule has 130 valence electrons. The van der Waals surface area contributed by atoms with Crippen LogP contribution in [0.5, 0.6) is 0 Å². The summed E-state index contributed by atoms with van der Waals surface area (Å²) in [7, 11) is 1.69. The zero-order valence-corrected chi connectivity index (χ0v) is 15.5. The Hall–Kier alpha value is -2.41. The Bertz CT molecular complexity index is 985. The normalized spacial score (nSPS) is 15.2. The fourth-order valence-corrected chi connectivity index (χ4v) is 4.47. The number of rotatable bonds is 2.